The fraction of sp³-hybridized carbons (Fsp3) is 0.824. The molecule has 0 aliphatic carbocycles. The molecule has 1 N–H and O–H groups in total. The molecule has 6 heteroatoms. The zero-order valence-electron chi connectivity index (χ0n) is 15.1. The number of nitrogens with zero attached hydrogens (tertiary/aromatic N) is 1. The highest BCUT2D eigenvalue weighted by molar-refractivity contribution is 5.88. The minimum Gasteiger partial charge on any atom is -0.454 e. The van der Waals surface area contributed by atoms with Crippen molar-refractivity contribution in [2.24, 2.45) is 17.3 Å². The summed E-state index contributed by atoms with van der Waals surface area (Å²) in [6.45, 7) is 12.2. The smallest absolute Gasteiger partial charge is 0.328 e. The van der Waals surface area contributed by atoms with Crippen molar-refractivity contribution in [3.05, 3.63) is 0 Å². The highest BCUT2D eigenvalue weighted by Gasteiger charge is 2.28. The first kappa shape index (κ1) is 19.5. The molecule has 2 amide bonds. The third kappa shape index (κ3) is 6.20. The predicted octanol–water partition coefficient (Wildman–Crippen LogP) is 1.58. The summed E-state index contributed by atoms with van der Waals surface area (Å²) in [5.74, 6) is -0.0705. The van der Waals surface area contributed by atoms with Gasteiger partial charge in [-0.25, -0.2) is 4.79 Å². The summed E-state index contributed by atoms with van der Waals surface area (Å²) >= 11 is 0. The van der Waals surface area contributed by atoms with Crippen LogP contribution in [0, 0.1) is 17.3 Å². The largest absolute Gasteiger partial charge is 0.454 e. The fourth-order valence-electron chi connectivity index (χ4n) is 2.69. The SMILES string of the molecule is CC1CC(C)CN(C(=O)COC(=O)C(C)NC(=O)C(C)(C)C)C1. The second kappa shape index (κ2) is 7.79. The Bertz CT molecular complexity index is 446. The Balaban J connectivity index is 2.43. The molecule has 3 atom stereocenters. The van der Waals surface area contributed by atoms with E-state index in [0.29, 0.717) is 24.9 Å². The van der Waals surface area contributed by atoms with Gasteiger partial charge < -0.3 is 15.0 Å². The van der Waals surface area contributed by atoms with Gasteiger partial charge >= 0.3 is 5.97 Å². The summed E-state index contributed by atoms with van der Waals surface area (Å²) in [6.07, 6.45) is 1.11. The van der Waals surface area contributed by atoms with Crippen molar-refractivity contribution in [2.75, 3.05) is 19.7 Å². The molecule has 1 saturated heterocycles. The molecule has 6 nitrogen and oxygen atoms in total. The number of rotatable bonds is 4. The minimum absolute atomic E-state index is 0.175. The van der Waals surface area contributed by atoms with Crippen molar-refractivity contribution in [1.82, 2.24) is 10.2 Å². The van der Waals surface area contributed by atoms with Crippen LogP contribution in [0.2, 0.25) is 0 Å². The van der Waals surface area contributed by atoms with Gasteiger partial charge in [0.2, 0.25) is 5.91 Å². The maximum absolute atomic E-state index is 12.2. The molecule has 23 heavy (non-hydrogen) atoms. The molecule has 1 rings (SSSR count). The van der Waals surface area contributed by atoms with E-state index in [1.54, 1.807) is 32.6 Å². The lowest BCUT2D eigenvalue weighted by molar-refractivity contribution is -0.155. The Labute approximate surface area is 138 Å². The van der Waals surface area contributed by atoms with Crippen LogP contribution >= 0.6 is 0 Å². The molecule has 0 aromatic carbocycles. The average molecular weight is 326 g/mol. The Morgan fingerprint density at radius 2 is 1.70 bits per heavy atom. The number of carbonyl (C=O) groups is 3. The molecule has 0 saturated carbocycles. The molecule has 0 spiro atoms. The summed E-state index contributed by atoms with van der Waals surface area (Å²) < 4.78 is 5.06. The topological polar surface area (TPSA) is 75.7 Å². The molecular formula is C17H30N2O4. The zero-order chi connectivity index (χ0) is 17.8. The molecule has 0 bridgehead atoms. The van der Waals surface area contributed by atoms with Crippen molar-refractivity contribution in [1.29, 1.82) is 0 Å². The Kier molecular flexibility index (Phi) is 6.59. The summed E-state index contributed by atoms with van der Waals surface area (Å²) in [4.78, 5) is 37.7. The van der Waals surface area contributed by atoms with Gasteiger partial charge in [-0.15, -0.1) is 0 Å². The van der Waals surface area contributed by atoms with E-state index < -0.39 is 17.4 Å². The lowest BCUT2D eigenvalue weighted by Gasteiger charge is -2.34. The molecule has 132 valence electrons. The first-order valence-corrected chi connectivity index (χ1v) is 8.26. The third-order valence-electron chi connectivity index (χ3n) is 3.94. The number of hydrogen-bond donors (Lipinski definition) is 1. The van der Waals surface area contributed by atoms with Crippen molar-refractivity contribution in [2.45, 2.75) is 54.0 Å². The first-order valence-electron chi connectivity index (χ1n) is 8.26. The number of ether oxygens (including phenoxy) is 1. The van der Waals surface area contributed by atoms with E-state index >= 15 is 0 Å². The second-order valence-electron chi connectivity index (χ2n) is 7.80. The van der Waals surface area contributed by atoms with Crippen LogP contribution in [0.1, 0.15) is 48.0 Å². The number of nitrogens with one attached hydrogen (secondary N) is 1. The van der Waals surface area contributed by atoms with E-state index in [1.807, 2.05) is 0 Å². The van der Waals surface area contributed by atoms with Gasteiger partial charge in [0.15, 0.2) is 6.61 Å². The lowest BCUT2D eigenvalue weighted by atomic mass is 9.92. The van der Waals surface area contributed by atoms with Gasteiger partial charge in [0.05, 0.1) is 0 Å². The number of hydrogen-bond acceptors (Lipinski definition) is 4. The summed E-state index contributed by atoms with van der Waals surface area (Å²) in [7, 11) is 0. The Morgan fingerprint density at radius 3 is 2.17 bits per heavy atom. The van der Waals surface area contributed by atoms with Crippen molar-refractivity contribution in [3.63, 3.8) is 0 Å². The molecule has 0 aromatic heterocycles. The molecule has 0 aromatic rings. The Morgan fingerprint density at radius 1 is 1.17 bits per heavy atom. The minimum atomic E-state index is -0.770. The van der Waals surface area contributed by atoms with Crippen molar-refractivity contribution in [3.8, 4) is 0 Å². The molecule has 1 aliphatic heterocycles. The molecule has 0 radical (unpaired) electrons. The predicted molar refractivity (Wildman–Crippen MR) is 87.5 cm³/mol. The first-order chi connectivity index (χ1) is 10.5. The van der Waals surface area contributed by atoms with Gasteiger partial charge in [-0.1, -0.05) is 34.6 Å². The van der Waals surface area contributed by atoms with Crippen molar-refractivity contribution >= 4 is 17.8 Å². The summed E-state index contributed by atoms with van der Waals surface area (Å²) in [5.41, 5.74) is -0.579. The molecular weight excluding hydrogens is 296 g/mol. The number of likely N-dealkylation sites (tertiary alicyclic amines) is 1. The van der Waals surface area contributed by atoms with Crippen LogP contribution in [0.4, 0.5) is 0 Å². The van der Waals surface area contributed by atoms with E-state index in [2.05, 4.69) is 19.2 Å². The van der Waals surface area contributed by atoms with E-state index in [-0.39, 0.29) is 18.4 Å². The van der Waals surface area contributed by atoms with Gasteiger partial charge in [-0.05, 0) is 25.2 Å². The zero-order valence-corrected chi connectivity index (χ0v) is 15.1. The standard InChI is InChI=1S/C17H30N2O4/c1-11-7-12(2)9-19(8-11)14(20)10-23-15(21)13(3)18-16(22)17(4,5)6/h11-13H,7-10H2,1-6H3,(H,18,22). The normalized spacial score (nSPS) is 23.1. The number of piperidine rings is 1. The number of esters is 1. The van der Waals surface area contributed by atoms with Gasteiger partial charge in [0, 0.05) is 18.5 Å². The second-order valence-corrected chi connectivity index (χ2v) is 7.80. The summed E-state index contributed by atoms with van der Waals surface area (Å²) in [5, 5.41) is 2.60. The average Bonchev–Trinajstić information content (AvgIpc) is 2.41. The lowest BCUT2D eigenvalue weighted by Crippen LogP contribution is -2.47. The monoisotopic (exact) mass is 326 g/mol. The maximum atomic E-state index is 12.2. The van der Waals surface area contributed by atoms with Gasteiger partial charge in [-0.3, -0.25) is 9.59 Å². The van der Waals surface area contributed by atoms with Crippen LogP contribution in [-0.2, 0) is 19.1 Å². The van der Waals surface area contributed by atoms with Crippen LogP contribution in [0.3, 0.4) is 0 Å². The van der Waals surface area contributed by atoms with Crippen LogP contribution in [0.25, 0.3) is 0 Å². The number of amides is 2. The molecule has 1 heterocycles. The molecule has 1 aliphatic rings. The van der Waals surface area contributed by atoms with Crippen LogP contribution in [0.15, 0.2) is 0 Å². The quantitative estimate of drug-likeness (QED) is 0.796. The maximum Gasteiger partial charge on any atom is 0.328 e. The highest BCUT2D eigenvalue weighted by atomic mass is 16.5. The van der Waals surface area contributed by atoms with Gasteiger partial charge in [0.1, 0.15) is 6.04 Å². The molecule has 1 fully saturated rings. The molecule has 3 unspecified atom stereocenters. The Hall–Kier alpha value is -1.59. The van der Waals surface area contributed by atoms with Gasteiger partial charge in [-0.2, -0.15) is 0 Å². The fourth-order valence-corrected chi connectivity index (χ4v) is 2.69. The van der Waals surface area contributed by atoms with Crippen LogP contribution < -0.4 is 5.32 Å². The van der Waals surface area contributed by atoms with E-state index in [1.165, 1.54) is 0 Å². The summed E-state index contributed by atoms with van der Waals surface area (Å²) in [6, 6.07) is -0.770. The number of carbonyl (C=O) groups excluding carboxylic acids is 3. The van der Waals surface area contributed by atoms with Crippen molar-refractivity contribution < 1.29 is 19.1 Å². The van der Waals surface area contributed by atoms with E-state index in [0.717, 1.165) is 6.42 Å². The van der Waals surface area contributed by atoms with E-state index in [9.17, 15) is 14.4 Å². The van der Waals surface area contributed by atoms with Gasteiger partial charge in [0.25, 0.3) is 5.91 Å². The van der Waals surface area contributed by atoms with Crippen LogP contribution in [0.5, 0.6) is 0 Å². The van der Waals surface area contributed by atoms with E-state index in [4.69, 9.17) is 4.74 Å². The van der Waals surface area contributed by atoms with Crippen LogP contribution in [-0.4, -0.2) is 48.4 Å². The third-order valence-corrected chi connectivity index (χ3v) is 3.94. The highest BCUT2D eigenvalue weighted by Crippen LogP contribution is 2.20.